The summed E-state index contributed by atoms with van der Waals surface area (Å²) in [5.41, 5.74) is 6.18. The number of nitrogens with two attached hydrogens (primary N) is 1. The first-order chi connectivity index (χ1) is 9.52. The van der Waals surface area contributed by atoms with E-state index in [0.717, 1.165) is 0 Å². The molecule has 0 aliphatic rings. The van der Waals surface area contributed by atoms with E-state index in [4.69, 9.17) is 27.2 Å². The molecular weight excluding hydrogens is 282 g/mol. The van der Waals surface area contributed by atoms with Crippen molar-refractivity contribution in [2.45, 2.75) is 6.61 Å². The van der Waals surface area contributed by atoms with E-state index < -0.39 is 5.91 Å². The zero-order chi connectivity index (χ0) is 14.7. The largest absolute Gasteiger partial charge is 0.389 e. The molecule has 2 aromatic heterocycles. The number of methoxy groups -OCH3 is 1. The summed E-state index contributed by atoms with van der Waals surface area (Å²) >= 11 is 4.89. The molecule has 3 N–H and O–H groups in total. The number of rotatable bonds is 5. The van der Waals surface area contributed by atoms with Crippen molar-refractivity contribution >= 4 is 28.9 Å². The quantitative estimate of drug-likeness (QED) is 0.770. The molecule has 0 unspecified atom stereocenters. The van der Waals surface area contributed by atoms with Crippen molar-refractivity contribution < 1.29 is 14.1 Å². The van der Waals surface area contributed by atoms with Crippen LogP contribution in [0.2, 0.25) is 0 Å². The summed E-state index contributed by atoms with van der Waals surface area (Å²) in [5.74, 6) is 0.410. The van der Waals surface area contributed by atoms with Gasteiger partial charge in [0.15, 0.2) is 11.5 Å². The van der Waals surface area contributed by atoms with Gasteiger partial charge in [-0.15, -0.1) is 0 Å². The molecule has 0 radical (unpaired) electrons. The Morgan fingerprint density at radius 2 is 2.40 bits per heavy atom. The number of thiocarbonyl (C=S) groups is 1. The van der Waals surface area contributed by atoms with Crippen molar-refractivity contribution in [1.29, 1.82) is 0 Å². The standard InChI is InChI=1S/C11H13N5O3S/c1-16-10(7(4-13-16)9(12)20)14-11(17)8-3-6(5-18-2)19-15-8/h3-4H,5H2,1-2H3,(H2,12,20)(H,14,17). The molecular formula is C11H13N5O3S. The fourth-order valence-corrected chi connectivity index (χ4v) is 1.72. The van der Waals surface area contributed by atoms with Gasteiger partial charge in [-0.1, -0.05) is 17.4 Å². The molecule has 0 saturated carbocycles. The average Bonchev–Trinajstić information content (AvgIpc) is 2.98. The number of hydrogen-bond donors (Lipinski definition) is 2. The Morgan fingerprint density at radius 3 is 3.05 bits per heavy atom. The number of hydrogen-bond acceptors (Lipinski definition) is 6. The lowest BCUT2D eigenvalue weighted by molar-refractivity contribution is 0.101. The lowest BCUT2D eigenvalue weighted by Gasteiger charge is -2.05. The number of nitrogens with one attached hydrogen (secondary N) is 1. The van der Waals surface area contributed by atoms with Crippen LogP contribution >= 0.6 is 12.2 Å². The van der Waals surface area contributed by atoms with Gasteiger partial charge in [-0.2, -0.15) is 5.10 Å². The third-order valence-electron chi connectivity index (χ3n) is 2.51. The second-order valence-electron chi connectivity index (χ2n) is 3.96. The Morgan fingerprint density at radius 1 is 1.65 bits per heavy atom. The van der Waals surface area contributed by atoms with Crippen molar-refractivity contribution in [2.24, 2.45) is 12.8 Å². The average molecular weight is 295 g/mol. The Balaban J connectivity index is 2.19. The van der Waals surface area contributed by atoms with Gasteiger partial charge in [-0.05, 0) is 0 Å². The molecule has 20 heavy (non-hydrogen) atoms. The minimum absolute atomic E-state index is 0.132. The molecule has 8 nitrogen and oxygen atoms in total. The number of aromatic nitrogens is 3. The number of ether oxygens (including phenoxy) is 1. The summed E-state index contributed by atoms with van der Waals surface area (Å²) in [6, 6.07) is 1.50. The first kappa shape index (κ1) is 14.2. The summed E-state index contributed by atoms with van der Waals surface area (Å²) in [5, 5.41) is 10.3. The maximum absolute atomic E-state index is 12.1. The van der Waals surface area contributed by atoms with Gasteiger partial charge in [-0.25, -0.2) is 0 Å². The number of carbonyl (C=O) groups is 1. The predicted molar refractivity (Wildman–Crippen MR) is 74.3 cm³/mol. The van der Waals surface area contributed by atoms with Crippen molar-refractivity contribution in [2.75, 3.05) is 12.4 Å². The summed E-state index contributed by atoms with van der Waals surface area (Å²) in [6.45, 7) is 0.240. The maximum Gasteiger partial charge on any atom is 0.279 e. The topological polar surface area (TPSA) is 108 Å². The van der Waals surface area contributed by atoms with Crippen LogP contribution in [0.3, 0.4) is 0 Å². The van der Waals surface area contributed by atoms with Gasteiger partial charge in [-0.3, -0.25) is 9.48 Å². The maximum atomic E-state index is 12.1. The fourth-order valence-electron chi connectivity index (χ4n) is 1.57. The van der Waals surface area contributed by atoms with Crippen LogP contribution in [0.4, 0.5) is 5.82 Å². The van der Waals surface area contributed by atoms with Crippen molar-refractivity contribution in [3.63, 3.8) is 0 Å². The molecule has 0 aliphatic heterocycles. The SMILES string of the molecule is COCc1cc(C(=O)Nc2c(C(N)=S)cnn2C)no1. The minimum atomic E-state index is -0.447. The molecule has 0 fully saturated rings. The predicted octanol–water partition coefficient (Wildman–Crippen LogP) is 0.441. The molecule has 2 heterocycles. The molecule has 0 bridgehead atoms. The summed E-state index contributed by atoms with van der Waals surface area (Å²) < 4.78 is 11.3. The van der Waals surface area contributed by atoms with Crippen LogP contribution in [-0.4, -0.2) is 32.9 Å². The van der Waals surface area contributed by atoms with E-state index in [0.29, 0.717) is 17.1 Å². The molecule has 0 aromatic carbocycles. The third-order valence-corrected chi connectivity index (χ3v) is 2.73. The molecule has 2 rings (SSSR count). The van der Waals surface area contributed by atoms with Crippen LogP contribution in [0.15, 0.2) is 16.8 Å². The van der Waals surface area contributed by atoms with Crippen LogP contribution in [0.5, 0.6) is 0 Å². The van der Waals surface area contributed by atoms with Gasteiger partial charge in [0.05, 0.1) is 11.8 Å². The van der Waals surface area contributed by atoms with Crippen molar-refractivity contribution in [1.82, 2.24) is 14.9 Å². The van der Waals surface area contributed by atoms with Gasteiger partial charge < -0.3 is 20.3 Å². The van der Waals surface area contributed by atoms with E-state index in [1.165, 1.54) is 24.1 Å². The Hall–Kier alpha value is -2.26. The molecule has 9 heteroatoms. The summed E-state index contributed by atoms with van der Waals surface area (Å²) in [7, 11) is 3.18. The van der Waals surface area contributed by atoms with Crippen LogP contribution in [-0.2, 0) is 18.4 Å². The molecule has 0 atom stereocenters. The highest BCUT2D eigenvalue weighted by atomic mass is 32.1. The molecule has 2 aromatic rings. The molecule has 0 spiro atoms. The van der Waals surface area contributed by atoms with Gasteiger partial charge in [0.2, 0.25) is 0 Å². The normalized spacial score (nSPS) is 10.5. The Labute approximate surface area is 119 Å². The highest BCUT2D eigenvalue weighted by Crippen LogP contribution is 2.15. The highest BCUT2D eigenvalue weighted by Gasteiger charge is 2.17. The zero-order valence-electron chi connectivity index (χ0n) is 10.9. The fraction of sp³-hybridized carbons (Fsp3) is 0.273. The van der Waals surface area contributed by atoms with Gasteiger partial charge >= 0.3 is 0 Å². The highest BCUT2D eigenvalue weighted by molar-refractivity contribution is 7.80. The van der Waals surface area contributed by atoms with Gasteiger partial charge in [0.1, 0.15) is 17.4 Å². The first-order valence-electron chi connectivity index (χ1n) is 5.60. The second kappa shape index (κ2) is 5.80. The molecule has 1 amide bonds. The number of aryl methyl sites for hydroxylation is 1. The number of anilines is 1. The van der Waals surface area contributed by atoms with Crippen LogP contribution in [0.1, 0.15) is 21.8 Å². The lowest BCUT2D eigenvalue weighted by Crippen LogP contribution is -2.19. The lowest BCUT2D eigenvalue weighted by atomic mass is 10.3. The monoisotopic (exact) mass is 295 g/mol. The van der Waals surface area contributed by atoms with Crippen LogP contribution in [0.25, 0.3) is 0 Å². The number of nitrogens with zero attached hydrogens (tertiary/aromatic N) is 3. The van der Waals surface area contributed by atoms with Crippen LogP contribution < -0.4 is 11.1 Å². The van der Waals surface area contributed by atoms with E-state index in [-0.39, 0.29) is 17.3 Å². The zero-order valence-corrected chi connectivity index (χ0v) is 11.7. The Kier molecular flexibility index (Phi) is 4.11. The van der Waals surface area contributed by atoms with Gasteiger partial charge in [0.25, 0.3) is 5.91 Å². The van der Waals surface area contributed by atoms with Crippen molar-refractivity contribution in [3.8, 4) is 0 Å². The Bertz CT molecular complexity index is 648. The van der Waals surface area contributed by atoms with E-state index in [2.05, 4.69) is 15.6 Å². The number of amides is 1. The molecule has 0 saturated heterocycles. The molecule has 0 aliphatic carbocycles. The van der Waals surface area contributed by atoms with E-state index in [1.807, 2.05) is 0 Å². The summed E-state index contributed by atoms with van der Waals surface area (Å²) in [6.07, 6.45) is 1.48. The number of carbonyl (C=O) groups excluding carboxylic acids is 1. The van der Waals surface area contributed by atoms with Crippen LogP contribution in [0, 0.1) is 0 Å². The summed E-state index contributed by atoms with van der Waals surface area (Å²) in [4.78, 5) is 12.2. The van der Waals surface area contributed by atoms with E-state index >= 15 is 0 Å². The first-order valence-corrected chi connectivity index (χ1v) is 6.01. The van der Waals surface area contributed by atoms with Crippen molar-refractivity contribution in [3.05, 3.63) is 29.3 Å². The second-order valence-corrected chi connectivity index (χ2v) is 4.40. The minimum Gasteiger partial charge on any atom is -0.389 e. The van der Waals surface area contributed by atoms with Gasteiger partial charge in [0, 0.05) is 20.2 Å². The van der Waals surface area contributed by atoms with E-state index in [1.54, 1.807) is 7.05 Å². The van der Waals surface area contributed by atoms with E-state index in [9.17, 15) is 4.79 Å². The molecule has 106 valence electrons. The third kappa shape index (κ3) is 2.83. The smallest absolute Gasteiger partial charge is 0.279 e.